The highest BCUT2D eigenvalue weighted by atomic mass is 35.5. The zero-order valence-corrected chi connectivity index (χ0v) is 14.8. The lowest BCUT2D eigenvalue weighted by molar-refractivity contribution is -0.119. The van der Waals surface area contributed by atoms with E-state index < -0.39 is 18.5 Å². The lowest BCUT2D eigenvalue weighted by Crippen LogP contribution is -2.21. The van der Waals surface area contributed by atoms with E-state index in [9.17, 15) is 9.59 Å². The SMILES string of the molecule is COc1ccc(C(=O)OCC(=O)Nc2ccc(C#N)c(Cl)c2)cc1OC. The van der Waals surface area contributed by atoms with Gasteiger partial charge in [-0.25, -0.2) is 4.79 Å². The molecule has 1 amide bonds. The molecule has 0 saturated carbocycles. The van der Waals surface area contributed by atoms with Crippen LogP contribution in [0.1, 0.15) is 15.9 Å². The van der Waals surface area contributed by atoms with Crippen LogP contribution in [0.5, 0.6) is 11.5 Å². The van der Waals surface area contributed by atoms with Gasteiger partial charge >= 0.3 is 5.97 Å². The number of carbonyl (C=O) groups excluding carboxylic acids is 2. The number of nitrogens with one attached hydrogen (secondary N) is 1. The van der Waals surface area contributed by atoms with Crippen LogP contribution >= 0.6 is 11.6 Å². The van der Waals surface area contributed by atoms with E-state index >= 15 is 0 Å². The first-order chi connectivity index (χ1) is 12.5. The number of carbonyl (C=O) groups is 2. The third-order valence-corrected chi connectivity index (χ3v) is 3.64. The topological polar surface area (TPSA) is 97.6 Å². The highest BCUT2D eigenvalue weighted by molar-refractivity contribution is 6.32. The molecule has 0 bridgehead atoms. The fraction of sp³-hybridized carbons (Fsp3) is 0.167. The number of ether oxygens (including phenoxy) is 3. The molecule has 0 aromatic heterocycles. The Labute approximate surface area is 155 Å². The molecule has 0 atom stereocenters. The predicted molar refractivity (Wildman–Crippen MR) is 94.6 cm³/mol. The molecule has 0 aliphatic carbocycles. The number of rotatable bonds is 6. The van der Waals surface area contributed by atoms with Crippen LogP contribution in [0.2, 0.25) is 5.02 Å². The number of hydrogen-bond donors (Lipinski definition) is 1. The average molecular weight is 375 g/mol. The minimum atomic E-state index is -0.682. The van der Waals surface area contributed by atoms with Crippen molar-refractivity contribution in [3.63, 3.8) is 0 Å². The van der Waals surface area contributed by atoms with E-state index in [1.165, 1.54) is 44.6 Å². The lowest BCUT2D eigenvalue weighted by atomic mass is 10.2. The Morgan fingerprint density at radius 2 is 1.85 bits per heavy atom. The number of methoxy groups -OCH3 is 2. The van der Waals surface area contributed by atoms with Gasteiger partial charge in [-0.1, -0.05) is 11.6 Å². The molecule has 0 fully saturated rings. The van der Waals surface area contributed by atoms with Crippen molar-refractivity contribution in [2.75, 3.05) is 26.1 Å². The van der Waals surface area contributed by atoms with E-state index in [4.69, 9.17) is 31.1 Å². The van der Waals surface area contributed by atoms with E-state index in [1.807, 2.05) is 6.07 Å². The Balaban J connectivity index is 1.95. The van der Waals surface area contributed by atoms with Crippen molar-refractivity contribution >= 4 is 29.2 Å². The van der Waals surface area contributed by atoms with Crippen molar-refractivity contribution in [2.24, 2.45) is 0 Å². The number of nitrogens with zero attached hydrogens (tertiary/aromatic N) is 1. The van der Waals surface area contributed by atoms with Gasteiger partial charge in [-0.15, -0.1) is 0 Å². The first-order valence-electron chi connectivity index (χ1n) is 7.37. The summed E-state index contributed by atoms with van der Waals surface area (Å²) in [5, 5.41) is 11.6. The van der Waals surface area contributed by atoms with Gasteiger partial charge in [0.25, 0.3) is 5.91 Å². The minimum Gasteiger partial charge on any atom is -0.493 e. The van der Waals surface area contributed by atoms with E-state index in [0.717, 1.165) is 0 Å². The Bertz CT molecular complexity index is 876. The fourth-order valence-corrected chi connectivity index (χ4v) is 2.28. The Morgan fingerprint density at radius 3 is 2.46 bits per heavy atom. The first kappa shape index (κ1) is 19.1. The third-order valence-electron chi connectivity index (χ3n) is 3.33. The molecule has 0 radical (unpaired) electrons. The third kappa shape index (κ3) is 4.65. The molecule has 0 unspecified atom stereocenters. The van der Waals surface area contributed by atoms with Gasteiger partial charge in [0.1, 0.15) is 6.07 Å². The van der Waals surface area contributed by atoms with Crippen LogP contribution < -0.4 is 14.8 Å². The average Bonchev–Trinajstić information content (AvgIpc) is 2.65. The van der Waals surface area contributed by atoms with Gasteiger partial charge in [0.05, 0.1) is 30.4 Å². The zero-order chi connectivity index (χ0) is 19.1. The largest absolute Gasteiger partial charge is 0.493 e. The molecule has 0 heterocycles. The van der Waals surface area contributed by atoms with Crippen molar-refractivity contribution < 1.29 is 23.8 Å². The Hall–Kier alpha value is -3.24. The molecule has 0 saturated heterocycles. The predicted octanol–water partition coefficient (Wildman–Crippen LogP) is 3.02. The van der Waals surface area contributed by atoms with Crippen molar-refractivity contribution in [1.29, 1.82) is 5.26 Å². The molecule has 0 aliphatic heterocycles. The number of hydrogen-bond acceptors (Lipinski definition) is 6. The maximum absolute atomic E-state index is 12.1. The van der Waals surface area contributed by atoms with Crippen molar-refractivity contribution in [3.8, 4) is 17.6 Å². The highest BCUT2D eigenvalue weighted by Crippen LogP contribution is 2.27. The van der Waals surface area contributed by atoms with Gasteiger partial charge in [0.15, 0.2) is 18.1 Å². The number of esters is 1. The summed E-state index contributed by atoms with van der Waals surface area (Å²) >= 11 is 5.89. The summed E-state index contributed by atoms with van der Waals surface area (Å²) in [6.45, 7) is -0.481. The van der Waals surface area contributed by atoms with Gasteiger partial charge in [-0.3, -0.25) is 4.79 Å². The van der Waals surface area contributed by atoms with Crippen LogP contribution in [0, 0.1) is 11.3 Å². The Morgan fingerprint density at radius 1 is 1.12 bits per heavy atom. The summed E-state index contributed by atoms with van der Waals surface area (Å²) in [7, 11) is 2.93. The molecule has 2 aromatic carbocycles. The van der Waals surface area contributed by atoms with E-state index in [0.29, 0.717) is 22.7 Å². The van der Waals surface area contributed by atoms with Crippen LogP contribution in [-0.2, 0) is 9.53 Å². The molecule has 26 heavy (non-hydrogen) atoms. The molecular formula is C18H15ClN2O5. The fourth-order valence-electron chi connectivity index (χ4n) is 2.06. The summed E-state index contributed by atoms with van der Waals surface area (Å²) in [4.78, 5) is 23.9. The van der Waals surface area contributed by atoms with Gasteiger partial charge in [0.2, 0.25) is 0 Å². The van der Waals surface area contributed by atoms with Crippen LogP contribution in [0.4, 0.5) is 5.69 Å². The maximum Gasteiger partial charge on any atom is 0.338 e. The number of benzene rings is 2. The second-order valence-electron chi connectivity index (χ2n) is 5.00. The summed E-state index contributed by atoms with van der Waals surface area (Å²) in [6.07, 6.45) is 0. The number of anilines is 1. The Kier molecular flexibility index (Phi) is 6.42. The first-order valence-corrected chi connectivity index (χ1v) is 7.75. The molecule has 2 aromatic rings. The standard InChI is InChI=1S/C18H15ClN2O5/c1-24-15-6-4-11(7-16(15)25-2)18(23)26-10-17(22)21-13-5-3-12(9-20)14(19)8-13/h3-8H,10H2,1-2H3,(H,21,22). The molecule has 2 rings (SSSR count). The van der Waals surface area contributed by atoms with Crippen molar-refractivity contribution in [1.82, 2.24) is 0 Å². The van der Waals surface area contributed by atoms with Crippen molar-refractivity contribution in [3.05, 3.63) is 52.5 Å². The summed E-state index contributed by atoms with van der Waals surface area (Å²) < 4.78 is 15.2. The molecule has 7 nitrogen and oxygen atoms in total. The molecule has 1 N–H and O–H groups in total. The smallest absolute Gasteiger partial charge is 0.338 e. The van der Waals surface area contributed by atoms with Gasteiger partial charge < -0.3 is 19.5 Å². The second-order valence-corrected chi connectivity index (χ2v) is 5.41. The van der Waals surface area contributed by atoms with Crippen LogP contribution in [0.15, 0.2) is 36.4 Å². The summed E-state index contributed by atoms with van der Waals surface area (Å²) in [5.41, 5.74) is 0.905. The van der Waals surface area contributed by atoms with Crippen LogP contribution in [0.3, 0.4) is 0 Å². The minimum absolute atomic E-state index is 0.215. The summed E-state index contributed by atoms with van der Waals surface area (Å²) in [5.74, 6) is -0.378. The van der Waals surface area contributed by atoms with E-state index in [2.05, 4.69) is 5.32 Å². The van der Waals surface area contributed by atoms with E-state index in [-0.39, 0.29) is 10.6 Å². The lowest BCUT2D eigenvalue weighted by Gasteiger charge is -2.10. The highest BCUT2D eigenvalue weighted by Gasteiger charge is 2.14. The number of halogens is 1. The molecule has 0 spiro atoms. The molecule has 0 aliphatic rings. The maximum atomic E-state index is 12.1. The van der Waals surface area contributed by atoms with Gasteiger partial charge in [-0.2, -0.15) is 5.26 Å². The molecule has 8 heteroatoms. The number of amides is 1. The second kappa shape index (κ2) is 8.74. The van der Waals surface area contributed by atoms with Gasteiger partial charge in [-0.05, 0) is 36.4 Å². The molecular weight excluding hydrogens is 360 g/mol. The molecule has 134 valence electrons. The van der Waals surface area contributed by atoms with E-state index in [1.54, 1.807) is 6.07 Å². The summed E-state index contributed by atoms with van der Waals surface area (Å²) in [6, 6.07) is 10.9. The number of nitriles is 1. The normalized spacial score (nSPS) is 9.77. The quantitative estimate of drug-likeness (QED) is 0.780. The van der Waals surface area contributed by atoms with Gasteiger partial charge in [0, 0.05) is 5.69 Å². The monoisotopic (exact) mass is 374 g/mol. The van der Waals surface area contributed by atoms with Crippen molar-refractivity contribution in [2.45, 2.75) is 0 Å². The van der Waals surface area contributed by atoms with Crippen LogP contribution in [-0.4, -0.2) is 32.7 Å². The van der Waals surface area contributed by atoms with Crippen LogP contribution in [0.25, 0.3) is 0 Å². The zero-order valence-electron chi connectivity index (χ0n) is 14.0.